The molecule has 0 bridgehead atoms. The third-order valence-electron chi connectivity index (χ3n) is 6.13. The fourth-order valence-electron chi connectivity index (χ4n) is 4.25. The Morgan fingerprint density at radius 2 is 1.76 bits per heavy atom. The van der Waals surface area contributed by atoms with Gasteiger partial charge >= 0.3 is 0 Å². The highest BCUT2D eigenvalue weighted by molar-refractivity contribution is 5.72. The molecule has 168 valence electrons. The van der Waals surface area contributed by atoms with Crippen LogP contribution in [0.25, 0.3) is 23.0 Å². The third-order valence-corrected chi connectivity index (χ3v) is 6.13. The smallest absolute Gasteiger partial charge is 0.139 e. The molecular weight excluding hydrogens is 410 g/mol. The zero-order valence-electron chi connectivity index (χ0n) is 18.6. The van der Waals surface area contributed by atoms with Crippen molar-refractivity contribution >= 4 is 17.4 Å². The maximum absolute atomic E-state index is 10.1. The van der Waals surface area contributed by atoms with Crippen LogP contribution in [0.4, 0.5) is 5.69 Å². The fourth-order valence-corrected chi connectivity index (χ4v) is 4.25. The van der Waals surface area contributed by atoms with Gasteiger partial charge in [-0.15, -0.1) is 0 Å². The Balaban J connectivity index is 1.27. The molecule has 6 heteroatoms. The number of nitrogens with two attached hydrogens (primary N) is 1. The van der Waals surface area contributed by atoms with Crippen LogP contribution >= 0.6 is 0 Å². The van der Waals surface area contributed by atoms with Gasteiger partial charge in [0.05, 0.1) is 5.69 Å². The van der Waals surface area contributed by atoms with Crippen molar-refractivity contribution in [2.75, 3.05) is 31.9 Å². The van der Waals surface area contributed by atoms with Crippen molar-refractivity contribution in [2.24, 2.45) is 0 Å². The van der Waals surface area contributed by atoms with E-state index in [9.17, 15) is 5.11 Å². The molecule has 2 aromatic heterocycles. The molecule has 3 heterocycles. The van der Waals surface area contributed by atoms with Crippen LogP contribution in [0.1, 0.15) is 16.7 Å². The van der Waals surface area contributed by atoms with Gasteiger partial charge in [0.25, 0.3) is 0 Å². The largest absolute Gasteiger partial charge is 0.507 e. The van der Waals surface area contributed by atoms with E-state index in [-0.39, 0.29) is 5.75 Å². The molecule has 0 spiro atoms. The predicted octanol–water partition coefficient (Wildman–Crippen LogP) is 3.95. The highest BCUT2D eigenvalue weighted by atomic mass is 16.3. The van der Waals surface area contributed by atoms with Gasteiger partial charge in [-0.3, -0.25) is 4.90 Å². The number of aromatic hydroxyl groups is 1. The van der Waals surface area contributed by atoms with Crippen molar-refractivity contribution < 1.29 is 5.11 Å². The molecule has 1 aliphatic heterocycles. The van der Waals surface area contributed by atoms with E-state index in [2.05, 4.69) is 51.6 Å². The number of allylic oxidation sites excluding steroid dienone is 1. The number of anilines is 1. The molecule has 1 aliphatic rings. The van der Waals surface area contributed by atoms with Crippen LogP contribution in [0.2, 0.25) is 0 Å². The highest BCUT2D eigenvalue weighted by Gasteiger charge is 2.11. The van der Waals surface area contributed by atoms with Crippen LogP contribution in [0.3, 0.4) is 0 Å². The van der Waals surface area contributed by atoms with Crippen molar-refractivity contribution in [1.29, 1.82) is 0 Å². The number of rotatable bonds is 6. The molecule has 1 fully saturated rings. The number of imidazole rings is 1. The number of nitrogens with one attached hydrogen (secondary N) is 1. The first-order valence-corrected chi connectivity index (χ1v) is 11.4. The monoisotopic (exact) mass is 439 g/mol. The minimum absolute atomic E-state index is 0.216. The summed E-state index contributed by atoms with van der Waals surface area (Å²) in [4.78, 5) is 7.11. The van der Waals surface area contributed by atoms with E-state index in [1.807, 2.05) is 35.0 Å². The number of nitrogen functional groups attached to an aromatic ring is 1. The van der Waals surface area contributed by atoms with Crippen LogP contribution in [-0.4, -0.2) is 45.6 Å². The van der Waals surface area contributed by atoms with Gasteiger partial charge in [0.2, 0.25) is 0 Å². The summed E-state index contributed by atoms with van der Waals surface area (Å²) in [5.74, 6) is 0.216. The van der Waals surface area contributed by atoms with Gasteiger partial charge in [0, 0.05) is 68.0 Å². The van der Waals surface area contributed by atoms with Gasteiger partial charge in [0.1, 0.15) is 11.4 Å². The van der Waals surface area contributed by atoms with Gasteiger partial charge in [-0.25, -0.2) is 4.98 Å². The number of nitrogens with zero attached hydrogens (tertiary/aromatic N) is 3. The standard InChI is InChI=1S/C27H29N5O/c28-24-16-27-30-25(23-6-1-2-7-26(23)33)19-32(27)18-22(24)5-3-4-20-8-10-21(11-9-20)17-31-14-12-29-13-15-31/h1-3,5-11,16,18-19,29,33H,4,12-15,17,28H2/b5-3+. The number of pyridine rings is 1. The number of phenolic OH excluding ortho intramolecular Hbond substituents is 1. The molecule has 4 N–H and O–H groups in total. The minimum atomic E-state index is 0.216. The van der Waals surface area contributed by atoms with Gasteiger partial charge in [0.15, 0.2) is 0 Å². The predicted molar refractivity (Wildman–Crippen MR) is 134 cm³/mol. The molecular formula is C27H29N5O. The lowest BCUT2D eigenvalue weighted by Gasteiger charge is -2.27. The number of fused-ring (bicyclic) bond motifs is 1. The van der Waals surface area contributed by atoms with E-state index in [1.54, 1.807) is 12.1 Å². The van der Waals surface area contributed by atoms with E-state index in [0.29, 0.717) is 11.3 Å². The zero-order valence-corrected chi connectivity index (χ0v) is 18.6. The van der Waals surface area contributed by atoms with Crippen molar-refractivity contribution in [3.05, 3.63) is 89.8 Å². The number of piperazine rings is 1. The first kappa shape index (κ1) is 21.2. The summed E-state index contributed by atoms with van der Waals surface area (Å²) in [6, 6.07) is 18.0. The van der Waals surface area contributed by atoms with E-state index in [4.69, 9.17) is 5.73 Å². The molecule has 4 aromatic rings. The Kier molecular flexibility index (Phi) is 6.11. The van der Waals surface area contributed by atoms with Gasteiger partial charge in [-0.2, -0.15) is 0 Å². The summed E-state index contributed by atoms with van der Waals surface area (Å²) in [6.07, 6.45) is 8.94. The summed E-state index contributed by atoms with van der Waals surface area (Å²) in [5, 5.41) is 13.5. The van der Waals surface area contributed by atoms with Crippen LogP contribution < -0.4 is 11.1 Å². The van der Waals surface area contributed by atoms with Crippen LogP contribution in [0.15, 0.2) is 73.1 Å². The van der Waals surface area contributed by atoms with E-state index >= 15 is 0 Å². The number of hydrogen-bond acceptors (Lipinski definition) is 5. The lowest BCUT2D eigenvalue weighted by atomic mass is 10.1. The van der Waals surface area contributed by atoms with Crippen LogP contribution in [0.5, 0.6) is 5.75 Å². The molecule has 0 amide bonds. The molecule has 1 saturated heterocycles. The molecule has 33 heavy (non-hydrogen) atoms. The second-order valence-corrected chi connectivity index (χ2v) is 8.54. The summed E-state index contributed by atoms with van der Waals surface area (Å²) in [7, 11) is 0. The normalized spacial score (nSPS) is 14.9. The molecule has 2 aromatic carbocycles. The average molecular weight is 440 g/mol. The summed E-state index contributed by atoms with van der Waals surface area (Å²) in [5.41, 5.74) is 12.7. The van der Waals surface area contributed by atoms with Gasteiger partial charge in [-0.05, 0) is 29.7 Å². The highest BCUT2D eigenvalue weighted by Crippen LogP contribution is 2.29. The molecule has 0 aliphatic carbocycles. The molecule has 6 nitrogen and oxygen atoms in total. The van der Waals surface area contributed by atoms with Crippen LogP contribution in [0, 0.1) is 0 Å². The number of aromatic nitrogens is 2. The van der Waals surface area contributed by atoms with Crippen molar-refractivity contribution in [2.45, 2.75) is 13.0 Å². The summed E-state index contributed by atoms with van der Waals surface area (Å²) < 4.78 is 1.95. The second kappa shape index (κ2) is 9.48. The van der Waals surface area contributed by atoms with Crippen molar-refractivity contribution in [3.8, 4) is 17.0 Å². The second-order valence-electron chi connectivity index (χ2n) is 8.54. The SMILES string of the molecule is Nc1cc2nc(-c3ccccc3O)cn2cc1/C=C/Cc1ccc(CN2CCNCC2)cc1. The summed E-state index contributed by atoms with van der Waals surface area (Å²) in [6.45, 7) is 5.39. The quantitative estimate of drug-likeness (QED) is 0.424. The van der Waals surface area contributed by atoms with Crippen LogP contribution in [-0.2, 0) is 13.0 Å². The Morgan fingerprint density at radius 3 is 2.55 bits per heavy atom. The number of para-hydroxylation sites is 1. The molecule has 0 radical (unpaired) electrons. The van der Waals surface area contributed by atoms with Crippen molar-refractivity contribution in [3.63, 3.8) is 0 Å². The fraction of sp³-hybridized carbons (Fsp3) is 0.222. The minimum Gasteiger partial charge on any atom is -0.507 e. The molecule has 0 saturated carbocycles. The van der Waals surface area contributed by atoms with Gasteiger partial charge in [-0.1, -0.05) is 48.6 Å². The van der Waals surface area contributed by atoms with Crippen molar-refractivity contribution in [1.82, 2.24) is 19.6 Å². The Hall–Kier alpha value is -3.61. The lowest BCUT2D eigenvalue weighted by molar-refractivity contribution is 0.233. The maximum Gasteiger partial charge on any atom is 0.139 e. The van der Waals surface area contributed by atoms with E-state index in [0.717, 1.165) is 56.0 Å². The topological polar surface area (TPSA) is 78.8 Å². The number of benzene rings is 2. The average Bonchev–Trinajstić information content (AvgIpc) is 3.23. The number of hydrogen-bond donors (Lipinski definition) is 3. The Labute approximate surface area is 194 Å². The maximum atomic E-state index is 10.1. The number of phenols is 1. The van der Waals surface area contributed by atoms with E-state index < -0.39 is 0 Å². The molecule has 0 unspecified atom stereocenters. The first-order valence-electron chi connectivity index (χ1n) is 11.4. The third kappa shape index (κ3) is 4.92. The first-order chi connectivity index (χ1) is 16.2. The molecule has 5 rings (SSSR count). The molecule has 0 atom stereocenters. The zero-order chi connectivity index (χ0) is 22.6. The lowest BCUT2D eigenvalue weighted by Crippen LogP contribution is -2.42. The van der Waals surface area contributed by atoms with Gasteiger partial charge < -0.3 is 20.6 Å². The Bertz CT molecular complexity index is 1270. The van der Waals surface area contributed by atoms with E-state index in [1.165, 1.54) is 11.1 Å². The summed E-state index contributed by atoms with van der Waals surface area (Å²) >= 11 is 0. The Morgan fingerprint density at radius 1 is 1.00 bits per heavy atom.